The van der Waals surface area contributed by atoms with Crippen LogP contribution in [0.2, 0.25) is 0 Å². The number of carboxylic acids is 1. The summed E-state index contributed by atoms with van der Waals surface area (Å²) in [7, 11) is 0. The largest absolute Gasteiger partial charge is 0.480 e. The van der Waals surface area contributed by atoms with Gasteiger partial charge in [0.1, 0.15) is 5.54 Å². The van der Waals surface area contributed by atoms with E-state index in [1.807, 2.05) is 31.2 Å². The third-order valence-corrected chi connectivity index (χ3v) is 4.16. The van der Waals surface area contributed by atoms with Gasteiger partial charge in [0, 0.05) is 6.54 Å². The highest BCUT2D eigenvalue weighted by Gasteiger charge is 2.42. The van der Waals surface area contributed by atoms with Crippen molar-refractivity contribution in [1.82, 2.24) is 10.6 Å². The minimum atomic E-state index is -1.08. The van der Waals surface area contributed by atoms with Gasteiger partial charge in [-0.15, -0.1) is 0 Å². The molecule has 1 aromatic carbocycles. The first-order valence-corrected chi connectivity index (χ1v) is 7.37. The Kier molecular flexibility index (Phi) is 4.83. The lowest BCUT2D eigenvalue weighted by Crippen LogP contribution is -2.55. The molecule has 114 valence electrons. The highest BCUT2D eigenvalue weighted by Crippen LogP contribution is 2.29. The molecular weight excluding hydrogens is 268 g/mol. The Morgan fingerprint density at radius 1 is 1.24 bits per heavy atom. The Morgan fingerprint density at radius 3 is 2.52 bits per heavy atom. The second kappa shape index (κ2) is 6.61. The number of hydrogen-bond acceptors (Lipinski definition) is 2. The summed E-state index contributed by atoms with van der Waals surface area (Å²) in [6.45, 7) is 2.53. The summed E-state index contributed by atoms with van der Waals surface area (Å²) >= 11 is 0. The molecule has 0 aromatic heterocycles. The fraction of sp³-hybridized carbons (Fsp3) is 0.500. The number of nitrogens with one attached hydrogen (secondary N) is 2. The average molecular weight is 290 g/mol. The maximum Gasteiger partial charge on any atom is 0.329 e. The van der Waals surface area contributed by atoms with Crippen LogP contribution in [0.15, 0.2) is 24.3 Å². The third kappa shape index (κ3) is 3.74. The van der Waals surface area contributed by atoms with Gasteiger partial charge in [0.2, 0.25) is 0 Å². The molecule has 1 aliphatic carbocycles. The number of rotatable bonds is 5. The first-order chi connectivity index (χ1) is 10.0. The van der Waals surface area contributed by atoms with E-state index in [9.17, 15) is 14.7 Å². The summed E-state index contributed by atoms with van der Waals surface area (Å²) < 4.78 is 0. The molecule has 0 aliphatic heterocycles. The van der Waals surface area contributed by atoms with E-state index in [2.05, 4.69) is 10.6 Å². The van der Waals surface area contributed by atoms with Crippen molar-refractivity contribution in [2.75, 3.05) is 6.54 Å². The third-order valence-electron chi connectivity index (χ3n) is 4.16. The summed E-state index contributed by atoms with van der Waals surface area (Å²) in [6, 6.07) is 7.63. The molecule has 5 nitrogen and oxygen atoms in total. The van der Waals surface area contributed by atoms with Crippen LogP contribution in [0.4, 0.5) is 4.79 Å². The first-order valence-electron chi connectivity index (χ1n) is 7.37. The van der Waals surface area contributed by atoms with E-state index in [-0.39, 0.29) is 0 Å². The SMILES string of the molecule is Cc1ccccc1CCNC(=O)NC1(C(=O)O)CCCC1. The van der Waals surface area contributed by atoms with Crippen molar-refractivity contribution in [3.05, 3.63) is 35.4 Å². The van der Waals surface area contributed by atoms with Crippen molar-refractivity contribution in [1.29, 1.82) is 0 Å². The van der Waals surface area contributed by atoms with Crippen molar-refractivity contribution >= 4 is 12.0 Å². The van der Waals surface area contributed by atoms with Gasteiger partial charge in [-0.1, -0.05) is 37.1 Å². The van der Waals surface area contributed by atoms with E-state index in [1.165, 1.54) is 11.1 Å². The van der Waals surface area contributed by atoms with E-state index < -0.39 is 17.5 Å². The summed E-state index contributed by atoms with van der Waals surface area (Å²) in [5, 5.41) is 14.7. The second-order valence-electron chi connectivity index (χ2n) is 5.65. The van der Waals surface area contributed by atoms with Crippen LogP contribution >= 0.6 is 0 Å². The van der Waals surface area contributed by atoms with Crippen molar-refractivity contribution in [2.45, 2.75) is 44.6 Å². The molecule has 0 saturated heterocycles. The molecule has 2 amide bonds. The molecule has 1 saturated carbocycles. The van der Waals surface area contributed by atoms with Gasteiger partial charge in [-0.25, -0.2) is 9.59 Å². The monoisotopic (exact) mass is 290 g/mol. The molecule has 0 unspecified atom stereocenters. The number of urea groups is 1. The quantitative estimate of drug-likeness (QED) is 0.778. The Bertz CT molecular complexity index is 522. The Balaban J connectivity index is 1.82. The molecule has 1 aromatic rings. The highest BCUT2D eigenvalue weighted by atomic mass is 16.4. The van der Waals surface area contributed by atoms with Crippen LogP contribution in [0.25, 0.3) is 0 Å². The fourth-order valence-corrected chi connectivity index (χ4v) is 2.83. The lowest BCUT2D eigenvalue weighted by molar-refractivity contribution is -0.144. The van der Waals surface area contributed by atoms with E-state index >= 15 is 0 Å². The normalized spacial score (nSPS) is 16.4. The molecule has 1 fully saturated rings. The zero-order chi connectivity index (χ0) is 15.3. The van der Waals surface area contributed by atoms with Gasteiger partial charge in [-0.3, -0.25) is 0 Å². The number of carbonyl (C=O) groups excluding carboxylic acids is 1. The second-order valence-corrected chi connectivity index (χ2v) is 5.65. The Labute approximate surface area is 124 Å². The van der Waals surface area contributed by atoms with Gasteiger partial charge in [0.15, 0.2) is 0 Å². The number of hydrogen-bond donors (Lipinski definition) is 3. The van der Waals surface area contributed by atoms with Crippen LogP contribution in [0, 0.1) is 6.92 Å². The summed E-state index contributed by atoms with van der Waals surface area (Å²) in [5.41, 5.74) is 1.30. The summed E-state index contributed by atoms with van der Waals surface area (Å²) in [4.78, 5) is 23.3. The molecule has 2 rings (SSSR count). The predicted octanol–water partition coefficient (Wildman–Crippen LogP) is 2.23. The van der Waals surface area contributed by atoms with Gasteiger partial charge in [0.05, 0.1) is 0 Å². The molecule has 21 heavy (non-hydrogen) atoms. The molecule has 0 bridgehead atoms. The van der Waals surface area contributed by atoms with E-state index in [4.69, 9.17) is 0 Å². The van der Waals surface area contributed by atoms with Crippen LogP contribution in [0.3, 0.4) is 0 Å². The maximum absolute atomic E-state index is 11.9. The van der Waals surface area contributed by atoms with E-state index in [0.29, 0.717) is 19.4 Å². The van der Waals surface area contributed by atoms with E-state index in [0.717, 1.165) is 19.3 Å². The number of amides is 2. The smallest absolute Gasteiger partial charge is 0.329 e. The van der Waals surface area contributed by atoms with Gasteiger partial charge < -0.3 is 15.7 Å². The number of aryl methyl sites for hydroxylation is 1. The summed E-state index contributed by atoms with van der Waals surface area (Å²) in [5.74, 6) is -0.936. The molecule has 0 spiro atoms. The average Bonchev–Trinajstić information content (AvgIpc) is 2.91. The van der Waals surface area contributed by atoms with Crippen LogP contribution in [-0.4, -0.2) is 29.2 Å². The van der Waals surface area contributed by atoms with Crippen LogP contribution in [0.1, 0.15) is 36.8 Å². The van der Waals surface area contributed by atoms with Crippen molar-refractivity contribution in [2.24, 2.45) is 0 Å². The Hall–Kier alpha value is -2.04. The van der Waals surface area contributed by atoms with E-state index in [1.54, 1.807) is 0 Å². The number of aliphatic carboxylic acids is 1. The standard InChI is InChI=1S/C16H22N2O3/c1-12-6-2-3-7-13(12)8-11-17-15(21)18-16(14(19)20)9-4-5-10-16/h2-3,6-7H,4-5,8-11H2,1H3,(H,19,20)(H2,17,18,21). The van der Waals surface area contributed by atoms with Crippen molar-refractivity contribution < 1.29 is 14.7 Å². The minimum Gasteiger partial charge on any atom is -0.480 e. The van der Waals surface area contributed by atoms with Gasteiger partial charge in [-0.05, 0) is 37.3 Å². The number of benzene rings is 1. The zero-order valence-electron chi connectivity index (χ0n) is 12.3. The van der Waals surface area contributed by atoms with Gasteiger partial charge in [0.25, 0.3) is 0 Å². The number of carboxylic acid groups (broad SMARTS) is 1. The maximum atomic E-state index is 11.9. The van der Waals surface area contributed by atoms with Gasteiger partial charge >= 0.3 is 12.0 Å². The molecule has 0 heterocycles. The van der Waals surface area contributed by atoms with Crippen LogP contribution in [-0.2, 0) is 11.2 Å². The topological polar surface area (TPSA) is 78.4 Å². The molecular formula is C16H22N2O3. The van der Waals surface area contributed by atoms with Gasteiger partial charge in [-0.2, -0.15) is 0 Å². The first kappa shape index (κ1) is 15.4. The summed E-state index contributed by atoms with van der Waals surface area (Å²) in [6.07, 6.45) is 3.44. The molecule has 3 N–H and O–H groups in total. The van der Waals surface area contributed by atoms with Crippen molar-refractivity contribution in [3.8, 4) is 0 Å². The highest BCUT2D eigenvalue weighted by molar-refractivity contribution is 5.86. The zero-order valence-corrected chi connectivity index (χ0v) is 12.3. The lowest BCUT2D eigenvalue weighted by Gasteiger charge is -2.25. The fourth-order valence-electron chi connectivity index (χ4n) is 2.83. The predicted molar refractivity (Wildman–Crippen MR) is 80.3 cm³/mol. The molecule has 5 heteroatoms. The minimum absolute atomic E-state index is 0.395. The molecule has 0 radical (unpaired) electrons. The van der Waals surface area contributed by atoms with Crippen LogP contribution in [0.5, 0.6) is 0 Å². The van der Waals surface area contributed by atoms with Crippen molar-refractivity contribution in [3.63, 3.8) is 0 Å². The Morgan fingerprint density at radius 2 is 1.90 bits per heavy atom. The molecule has 1 aliphatic rings. The number of carbonyl (C=O) groups is 2. The van der Waals surface area contributed by atoms with Crippen LogP contribution < -0.4 is 10.6 Å². The lowest BCUT2D eigenvalue weighted by atomic mass is 9.98. The molecule has 0 atom stereocenters.